The second kappa shape index (κ2) is 6.02. The number of hydrogen-bond donors (Lipinski definition) is 1. The summed E-state index contributed by atoms with van der Waals surface area (Å²) in [5.41, 5.74) is 0.829. The first-order valence-electron chi connectivity index (χ1n) is 9.19. The van der Waals surface area contributed by atoms with E-state index in [1.807, 2.05) is 13.8 Å². The number of benzene rings is 1. The molecule has 6 nitrogen and oxygen atoms in total. The second-order valence-electron chi connectivity index (χ2n) is 8.41. The zero-order valence-corrected chi connectivity index (χ0v) is 16.3. The van der Waals surface area contributed by atoms with Crippen molar-refractivity contribution < 1.29 is 9.18 Å². The molecule has 1 aromatic heterocycles. The second-order valence-corrected chi connectivity index (χ2v) is 8.41. The average Bonchev–Trinajstić information content (AvgIpc) is 2.62. The first-order chi connectivity index (χ1) is 13.1. The highest BCUT2D eigenvalue weighted by molar-refractivity contribution is 6.01. The lowest BCUT2D eigenvalue weighted by molar-refractivity contribution is -0.118. The highest BCUT2D eigenvalue weighted by Gasteiger charge is 2.42. The summed E-state index contributed by atoms with van der Waals surface area (Å²) in [5, 5.41) is 3.19. The van der Waals surface area contributed by atoms with E-state index in [9.17, 15) is 18.8 Å². The molecule has 0 saturated heterocycles. The standard InChI is InChI=1S/C21H22FN3O3/c1-21(2)9-13-16(14(26)10-21)15(11-6-5-7-12(22)8-11)17-18(23-13)24(3)20(28)25(4)19(17)27/h5-8,15,23H,9-10H2,1-4H3/t15-/m0/s1. The summed E-state index contributed by atoms with van der Waals surface area (Å²) in [5.74, 6) is -0.845. The molecule has 1 atom stereocenters. The Kier molecular flexibility index (Phi) is 3.96. The number of fused-ring (bicyclic) bond motifs is 1. The molecule has 1 aliphatic carbocycles. The molecule has 1 aliphatic heterocycles. The van der Waals surface area contributed by atoms with Gasteiger partial charge in [-0.05, 0) is 29.5 Å². The summed E-state index contributed by atoms with van der Waals surface area (Å²) in [6.07, 6.45) is 0.948. The third-order valence-corrected chi connectivity index (χ3v) is 5.65. The predicted molar refractivity (Wildman–Crippen MR) is 104 cm³/mol. The third-order valence-electron chi connectivity index (χ3n) is 5.65. The van der Waals surface area contributed by atoms with E-state index in [0.29, 0.717) is 41.1 Å². The number of nitrogens with zero attached hydrogens (tertiary/aromatic N) is 2. The fourth-order valence-electron chi connectivity index (χ4n) is 4.37. The molecule has 2 aromatic rings. The monoisotopic (exact) mass is 383 g/mol. The van der Waals surface area contributed by atoms with Crippen LogP contribution in [0.15, 0.2) is 45.1 Å². The van der Waals surface area contributed by atoms with Gasteiger partial charge in [0.1, 0.15) is 11.6 Å². The Labute approximate surface area is 161 Å². The summed E-state index contributed by atoms with van der Waals surface area (Å²) in [6.45, 7) is 4.01. The molecule has 2 aliphatic rings. The molecule has 28 heavy (non-hydrogen) atoms. The summed E-state index contributed by atoms with van der Waals surface area (Å²) in [6, 6.07) is 5.95. The van der Waals surface area contributed by atoms with Gasteiger partial charge in [-0.2, -0.15) is 0 Å². The maximum Gasteiger partial charge on any atom is 0.332 e. The molecule has 4 rings (SSSR count). The van der Waals surface area contributed by atoms with E-state index in [-0.39, 0.29) is 11.2 Å². The highest BCUT2D eigenvalue weighted by atomic mass is 19.1. The molecular weight excluding hydrogens is 361 g/mol. The van der Waals surface area contributed by atoms with Crippen molar-refractivity contribution in [2.45, 2.75) is 32.6 Å². The summed E-state index contributed by atoms with van der Waals surface area (Å²) in [7, 11) is 2.99. The smallest absolute Gasteiger partial charge is 0.332 e. The first kappa shape index (κ1) is 18.4. The number of rotatable bonds is 1. The van der Waals surface area contributed by atoms with Gasteiger partial charge in [-0.3, -0.25) is 18.7 Å². The van der Waals surface area contributed by atoms with Crippen LogP contribution in [0.2, 0.25) is 0 Å². The summed E-state index contributed by atoms with van der Waals surface area (Å²) >= 11 is 0. The Morgan fingerprint density at radius 2 is 1.82 bits per heavy atom. The predicted octanol–water partition coefficient (Wildman–Crippen LogP) is 2.42. The SMILES string of the molecule is Cn1c2c(c(=O)n(C)c1=O)[C@@H](c1cccc(F)c1)C1=C(CC(C)(C)CC1=O)N2. The number of aromatic nitrogens is 2. The number of Topliss-reactive ketones (excluding diaryl/α,β-unsaturated/α-hetero) is 1. The number of carbonyl (C=O) groups excluding carboxylic acids is 1. The van der Waals surface area contributed by atoms with E-state index in [2.05, 4.69) is 5.32 Å². The zero-order valence-electron chi connectivity index (χ0n) is 16.3. The largest absolute Gasteiger partial charge is 0.344 e. The molecule has 0 spiro atoms. The molecule has 0 bridgehead atoms. The number of hydrogen-bond acceptors (Lipinski definition) is 4. The number of allylic oxidation sites excluding steroid dienone is 2. The molecule has 7 heteroatoms. The van der Waals surface area contributed by atoms with Crippen molar-refractivity contribution in [2.24, 2.45) is 19.5 Å². The minimum absolute atomic E-state index is 0.0606. The maximum absolute atomic E-state index is 14.0. The van der Waals surface area contributed by atoms with Crippen molar-refractivity contribution >= 4 is 11.6 Å². The van der Waals surface area contributed by atoms with Gasteiger partial charge in [0.25, 0.3) is 5.56 Å². The Bertz CT molecular complexity index is 1170. The normalized spacial score (nSPS) is 20.5. The Morgan fingerprint density at radius 1 is 1.11 bits per heavy atom. The van der Waals surface area contributed by atoms with Gasteiger partial charge in [0.05, 0.1) is 5.56 Å². The highest BCUT2D eigenvalue weighted by Crippen LogP contribution is 2.47. The van der Waals surface area contributed by atoms with Gasteiger partial charge in [0.2, 0.25) is 0 Å². The van der Waals surface area contributed by atoms with Crippen molar-refractivity contribution in [1.29, 1.82) is 0 Å². The molecule has 0 saturated carbocycles. The molecule has 1 aromatic carbocycles. The lowest BCUT2D eigenvalue weighted by atomic mass is 9.69. The van der Waals surface area contributed by atoms with Crippen molar-refractivity contribution in [3.8, 4) is 0 Å². The van der Waals surface area contributed by atoms with Crippen LogP contribution in [-0.2, 0) is 18.9 Å². The van der Waals surface area contributed by atoms with Gasteiger partial charge in [-0.15, -0.1) is 0 Å². The third kappa shape index (κ3) is 2.65. The van der Waals surface area contributed by atoms with E-state index in [0.717, 1.165) is 4.57 Å². The van der Waals surface area contributed by atoms with Crippen molar-refractivity contribution in [3.05, 3.63) is 73.3 Å². The van der Waals surface area contributed by atoms with E-state index in [1.165, 1.54) is 23.7 Å². The van der Waals surface area contributed by atoms with E-state index < -0.39 is 23.0 Å². The number of nitrogens with one attached hydrogen (secondary N) is 1. The van der Waals surface area contributed by atoms with E-state index >= 15 is 0 Å². The molecule has 0 amide bonds. The van der Waals surface area contributed by atoms with Crippen molar-refractivity contribution in [3.63, 3.8) is 0 Å². The van der Waals surface area contributed by atoms with Crippen LogP contribution in [0.3, 0.4) is 0 Å². The topological polar surface area (TPSA) is 73.1 Å². The number of ketones is 1. The van der Waals surface area contributed by atoms with Crippen LogP contribution in [-0.4, -0.2) is 14.9 Å². The van der Waals surface area contributed by atoms with Crippen LogP contribution >= 0.6 is 0 Å². The minimum Gasteiger partial charge on any atom is -0.344 e. The lowest BCUT2D eigenvalue weighted by Gasteiger charge is -2.39. The Hall–Kier alpha value is -2.96. The molecule has 1 N–H and O–H groups in total. The summed E-state index contributed by atoms with van der Waals surface area (Å²) < 4.78 is 16.4. The number of carbonyl (C=O) groups is 1. The van der Waals surface area contributed by atoms with E-state index in [1.54, 1.807) is 19.2 Å². The maximum atomic E-state index is 14.0. The summed E-state index contributed by atoms with van der Waals surface area (Å²) in [4.78, 5) is 38.6. The van der Waals surface area contributed by atoms with Crippen LogP contribution in [0.1, 0.15) is 43.7 Å². The van der Waals surface area contributed by atoms with Crippen molar-refractivity contribution in [1.82, 2.24) is 9.13 Å². The van der Waals surface area contributed by atoms with Gasteiger partial charge >= 0.3 is 5.69 Å². The first-order valence-corrected chi connectivity index (χ1v) is 9.19. The van der Waals surface area contributed by atoms with Crippen LogP contribution in [0, 0.1) is 11.2 Å². The fourth-order valence-corrected chi connectivity index (χ4v) is 4.37. The molecule has 2 heterocycles. The molecular formula is C21H22FN3O3. The van der Waals surface area contributed by atoms with Gasteiger partial charge in [0, 0.05) is 37.7 Å². The van der Waals surface area contributed by atoms with Gasteiger partial charge in [0.15, 0.2) is 5.78 Å². The Morgan fingerprint density at radius 3 is 2.50 bits per heavy atom. The molecule has 0 fully saturated rings. The van der Waals surface area contributed by atoms with Crippen LogP contribution in [0.5, 0.6) is 0 Å². The number of halogens is 1. The van der Waals surface area contributed by atoms with Crippen LogP contribution < -0.4 is 16.6 Å². The fraction of sp³-hybridized carbons (Fsp3) is 0.381. The quantitative estimate of drug-likeness (QED) is 0.821. The van der Waals surface area contributed by atoms with Gasteiger partial charge < -0.3 is 5.32 Å². The number of anilines is 1. The lowest BCUT2D eigenvalue weighted by Crippen LogP contribution is -2.45. The zero-order chi connectivity index (χ0) is 20.4. The average molecular weight is 383 g/mol. The van der Waals surface area contributed by atoms with Crippen LogP contribution in [0.25, 0.3) is 0 Å². The van der Waals surface area contributed by atoms with E-state index in [4.69, 9.17) is 0 Å². The van der Waals surface area contributed by atoms with Crippen molar-refractivity contribution in [2.75, 3.05) is 5.32 Å². The Balaban J connectivity index is 2.09. The van der Waals surface area contributed by atoms with Crippen LogP contribution in [0.4, 0.5) is 10.2 Å². The molecule has 0 radical (unpaired) electrons. The molecule has 146 valence electrons. The van der Waals surface area contributed by atoms with Gasteiger partial charge in [-0.25, -0.2) is 9.18 Å². The molecule has 0 unspecified atom stereocenters. The van der Waals surface area contributed by atoms with Gasteiger partial charge in [-0.1, -0.05) is 26.0 Å². The minimum atomic E-state index is -0.712.